The fourth-order valence-electron chi connectivity index (χ4n) is 2.79. The zero-order valence-corrected chi connectivity index (χ0v) is 13.1. The highest BCUT2D eigenvalue weighted by atomic mass is 32.1. The molecule has 1 amide bonds. The molecule has 2 heterocycles. The maximum atomic E-state index is 12.2. The molecule has 6 heteroatoms. The second-order valence-electron chi connectivity index (χ2n) is 5.38. The van der Waals surface area contributed by atoms with Crippen LogP contribution in [0.25, 0.3) is 0 Å². The van der Waals surface area contributed by atoms with E-state index in [1.54, 1.807) is 0 Å². The van der Waals surface area contributed by atoms with E-state index in [2.05, 4.69) is 28.3 Å². The van der Waals surface area contributed by atoms with Crippen molar-refractivity contribution in [1.29, 1.82) is 5.26 Å². The third kappa shape index (κ3) is 2.72. The van der Waals surface area contributed by atoms with Crippen LogP contribution in [0.4, 0.5) is 5.00 Å². The number of thiophene rings is 1. The van der Waals surface area contributed by atoms with Crippen molar-refractivity contribution in [3.63, 3.8) is 0 Å². The van der Waals surface area contributed by atoms with Gasteiger partial charge in [-0.15, -0.1) is 11.3 Å². The topological polar surface area (TPSA) is 78.7 Å². The van der Waals surface area contributed by atoms with Gasteiger partial charge >= 0.3 is 0 Å². The smallest absolute Gasteiger partial charge is 0.276 e. The van der Waals surface area contributed by atoms with Gasteiger partial charge in [0.2, 0.25) is 0 Å². The van der Waals surface area contributed by atoms with Crippen LogP contribution in [0.1, 0.15) is 46.3 Å². The number of carbonyl (C=O) groups excluding carboxylic acids is 1. The van der Waals surface area contributed by atoms with Crippen LogP contribution in [0.3, 0.4) is 0 Å². The van der Waals surface area contributed by atoms with E-state index in [-0.39, 0.29) is 11.6 Å². The van der Waals surface area contributed by atoms with Gasteiger partial charge in [-0.3, -0.25) is 9.78 Å². The minimum atomic E-state index is -0.324. The third-order valence-electron chi connectivity index (χ3n) is 4.08. The quantitative estimate of drug-likeness (QED) is 0.944. The molecule has 1 atom stereocenters. The van der Waals surface area contributed by atoms with Gasteiger partial charge in [0.15, 0.2) is 0 Å². The molecule has 2 aromatic heterocycles. The lowest BCUT2D eigenvalue weighted by Gasteiger charge is -2.20. The first-order valence-corrected chi connectivity index (χ1v) is 8.16. The Hall–Kier alpha value is -2.26. The molecule has 0 spiro atoms. The summed E-state index contributed by atoms with van der Waals surface area (Å²) < 4.78 is 0. The predicted molar refractivity (Wildman–Crippen MR) is 84.8 cm³/mol. The Kier molecular flexibility index (Phi) is 4.16. The Morgan fingerprint density at radius 2 is 2.41 bits per heavy atom. The molecule has 1 N–H and O–H groups in total. The van der Waals surface area contributed by atoms with E-state index < -0.39 is 0 Å². The number of fused-ring (bicyclic) bond motifs is 1. The van der Waals surface area contributed by atoms with Crippen LogP contribution in [-0.2, 0) is 12.8 Å². The standard InChI is InChI=1S/C16H16N4OS/c1-2-10-3-4-11-12(8-17)16(22-14(11)7-10)20-15(21)13-9-18-5-6-19-13/h5-6,9-10H,2-4,7H2,1H3,(H,20,21)/t10-/m0/s1. The minimum Gasteiger partial charge on any atom is -0.311 e. The van der Waals surface area contributed by atoms with Crippen molar-refractivity contribution in [3.8, 4) is 6.07 Å². The molecule has 0 bridgehead atoms. The number of rotatable bonds is 3. The Morgan fingerprint density at radius 3 is 3.09 bits per heavy atom. The summed E-state index contributed by atoms with van der Waals surface area (Å²) in [6.07, 6.45) is 8.62. The highest BCUT2D eigenvalue weighted by Gasteiger charge is 2.26. The fourth-order valence-corrected chi connectivity index (χ4v) is 4.10. The molecule has 112 valence electrons. The SMILES string of the molecule is CC[C@H]1CCc2c(sc(NC(=O)c3cnccn3)c2C#N)C1. The molecular formula is C16H16N4OS. The molecule has 5 nitrogen and oxygen atoms in total. The highest BCUT2D eigenvalue weighted by Crippen LogP contribution is 2.40. The van der Waals surface area contributed by atoms with E-state index in [1.165, 1.54) is 34.8 Å². The van der Waals surface area contributed by atoms with Crippen molar-refractivity contribution in [2.45, 2.75) is 32.6 Å². The number of anilines is 1. The van der Waals surface area contributed by atoms with Gasteiger partial charge in [0.1, 0.15) is 16.8 Å². The summed E-state index contributed by atoms with van der Waals surface area (Å²) in [5.74, 6) is 0.358. The van der Waals surface area contributed by atoms with Gasteiger partial charge in [-0.25, -0.2) is 4.98 Å². The number of aromatic nitrogens is 2. The number of nitrogens with one attached hydrogen (secondary N) is 1. The van der Waals surface area contributed by atoms with Gasteiger partial charge in [0.05, 0.1) is 11.8 Å². The van der Waals surface area contributed by atoms with Gasteiger partial charge < -0.3 is 5.32 Å². The van der Waals surface area contributed by atoms with Crippen LogP contribution in [0.15, 0.2) is 18.6 Å². The largest absolute Gasteiger partial charge is 0.311 e. The second-order valence-corrected chi connectivity index (χ2v) is 6.49. The lowest BCUT2D eigenvalue weighted by Crippen LogP contribution is -2.14. The van der Waals surface area contributed by atoms with Crippen molar-refractivity contribution in [2.24, 2.45) is 5.92 Å². The van der Waals surface area contributed by atoms with Gasteiger partial charge in [0.25, 0.3) is 5.91 Å². The number of nitrogens with zero attached hydrogens (tertiary/aromatic N) is 3. The van der Waals surface area contributed by atoms with E-state index in [0.717, 1.165) is 31.2 Å². The van der Waals surface area contributed by atoms with E-state index in [1.807, 2.05) is 0 Å². The van der Waals surface area contributed by atoms with Crippen LogP contribution in [0.5, 0.6) is 0 Å². The van der Waals surface area contributed by atoms with Crippen molar-refractivity contribution in [3.05, 3.63) is 40.3 Å². The number of amides is 1. The van der Waals surface area contributed by atoms with Gasteiger partial charge in [0, 0.05) is 17.3 Å². The summed E-state index contributed by atoms with van der Waals surface area (Å²) >= 11 is 1.53. The van der Waals surface area contributed by atoms with E-state index in [0.29, 0.717) is 16.5 Å². The third-order valence-corrected chi connectivity index (χ3v) is 5.25. The van der Waals surface area contributed by atoms with Crippen molar-refractivity contribution in [1.82, 2.24) is 9.97 Å². The lowest BCUT2D eigenvalue weighted by molar-refractivity contribution is 0.102. The van der Waals surface area contributed by atoms with Crippen LogP contribution < -0.4 is 5.32 Å². The molecule has 0 saturated heterocycles. The van der Waals surface area contributed by atoms with Gasteiger partial charge in [-0.2, -0.15) is 5.26 Å². The summed E-state index contributed by atoms with van der Waals surface area (Å²) in [7, 11) is 0. The lowest BCUT2D eigenvalue weighted by atomic mass is 9.86. The second kappa shape index (κ2) is 6.24. The molecule has 0 aromatic carbocycles. The Bertz CT molecular complexity index is 733. The number of hydrogen-bond donors (Lipinski definition) is 1. The predicted octanol–water partition coefficient (Wildman–Crippen LogP) is 3.18. The molecular weight excluding hydrogens is 296 g/mol. The van der Waals surface area contributed by atoms with Crippen LogP contribution in [0, 0.1) is 17.2 Å². The monoisotopic (exact) mass is 312 g/mol. The van der Waals surface area contributed by atoms with Crippen molar-refractivity contribution in [2.75, 3.05) is 5.32 Å². The van der Waals surface area contributed by atoms with E-state index >= 15 is 0 Å². The molecule has 0 aliphatic heterocycles. The van der Waals surface area contributed by atoms with Crippen LogP contribution in [0.2, 0.25) is 0 Å². The summed E-state index contributed by atoms with van der Waals surface area (Å²) in [5, 5.41) is 12.9. The first-order chi connectivity index (χ1) is 10.7. The van der Waals surface area contributed by atoms with Gasteiger partial charge in [-0.1, -0.05) is 13.3 Å². The molecule has 0 saturated carbocycles. The first kappa shape index (κ1) is 14.7. The van der Waals surface area contributed by atoms with Crippen molar-refractivity contribution >= 4 is 22.2 Å². The Labute approximate surface area is 133 Å². The molecule has 22 heavy (non-hydrogen) atoms. The minimum absolute atomic E-state index is 0.254. The molecule has 0 radical (unpaired) electrons. The van der Waals surface area contributed by atoms with E-state index in [9.17, 15) is 10.1 Å². The molecule has 2 aromatic rings. The number of hydrogen-bond acceptors (Lipinski definition) is 5. The summed E-state index contributed by atoms with van der Waals surface area (Å²) in [4.78, 5) is 21.3. The Balaban J connectivity index is 1.87. The number of nitriles is 1. The molecule has 3 rings (SSSR count). The van der Waals surface area contributed by atoms with E-state index in [4.69, 9.17) is 0 Å². The first-order valence-electron chi connectivity index (χ1n) is 7.35. The summed E-state index contributed by atoms with van der Waals surface area (Å²) in [5.41, 5.74) is 1.99. The highest BCUT2D eigenvalue weighted by molar-refractivity contribution is 7.16. The molecule has 0 fully saturated rings. The number of carbonyl (C=O) groups is 1. The summed E-state index contributed by atoms with van der Waals surface area (Å²) in [6.45, 7) is 2.20. The summed E-state index contributed by atoms with van der Waals surface area (Å²) in [6, 6.07) is 2.25. The molecule has 1 aliphatic rings. The van der Waals surface area contributed by atoms with Gasteiger partial charge in [-0.05, 0) is 30.7 Å². The average Bonchev–Trinajstić information content (AvgIpc) is 2.91. The Morgan fingerprint density at radius 1 is 1.55 bits per heavy atom. The zero-order chi connectivity index (χ0) is 15.5. The normalized spacial score (nSPS) is 16.6. The van der Waals surface area contributed by atoms with Crippen LogP contribution in [-0.4, -0.2) is 15.9 Å². The maximum absolute atomic E-state index is 12.2. The average molecular weight is 312 g/mol. The molecule has 0 unspecified atom stereocenters. The maximum Gasteiger partial charge on any atom is 0.276 e. The zero-order valence-electron chi connectivity index (χ0n) is 12.3. The van der Waals surface area contributed by atoms with Crippen LogP contribution >= 0.6 is 11.3 Å². The molecule has 1 aliphatic carbocycles. The van der Waals surface area contributed by atoms with Crippen molar-refractivity contribution < 1.29 is 4.79 Å². The fraction of sp³-hybridized carbons (Fsp3) is 0.375.